The van der Waals surface area contributed by atoms with Crippen LogP contribution in [0.15, 0.2) is 41.0 Å². The van der Waals surface area contributed by atoms with E-state index in [0.29, 0.717) is 5.76 Å². The Kier molecular flexibility index (Phi) is 4.88. The van der Waals surface area contributed by atoms with E-state index >= 15 is 0 Å². The zero-order valence-electron chi connectivity index (χ0n) is 11.8. The van der Waals surface area contributed by atoms with E-state index in [1.54, 1.807) is 12.1 Å². The van der Waals surface area contributed by atoms with Crippen LogP contribution in [0.2, 0.25) is 0 Å². The quantitative estimate of drug-likeness (QED) is 0.921. The number of rotatable bonds is 5. The number of furan rings is 1. The molecule has 0 aliphatic heterocycles. The third kappa shape index (κ3) is 3.69. The molecule has 0 atom stereocenters. The number of benzene rings is 1. The molecule has 0 unspecified atom stereocenters. The lowest BCUT2D eigenvalue weighted by Crippen LogP contribution is -2.40. The van der Waals surface area contributed by atoms with Gasteiger partial charge in [0.25, 0.3) is 0 Å². The summed E-state index contributed by atoms with van der Waals surface area (Å²) in [4.78, 5) is 24.2. The Morgan fingerprint density at radius 2 is 1.86 bits per heavy atom. The first-order valence-electron chi connectivity index (χ1n) is 6.50. The smallest absolute Gasteiger partial charge is 0.240 e. The first kappa shape index (κ1) is 15.7. The van der Waals surface area contributed by atoms with Gasteiger partial charge in [-0.25, -0.2) is 8.78 Å². The Morgan fingerprint density at radius 1 is 1.18 bits per heavy atom. The van der Waals surface area contributed by atoms with Crippen LogP contribution in [0.25, 0.3) is 0 Å². The molecule has 116 valence electrons. The predicted molar refractivity (Wildman–Crippen MR) is 74.9 cm³/mol. The molecule has 0 aliphatic carbocycles. The van der Waals surface area contributed by atoms with E-state index in [0.717, 1.165) is 24.0 Å². The van der Waals surface area contributed by atoms with Crippen molar-refractivity contribution in [2.75, 3.05) is 11.4 Å². The van der Waals surface area contributed by atoms with E-state index in [-0.39, 0.29) is 6.54 Å². The lowest BCUT2D eigenvalue weighted by atomic mass is 10.2. The van der Waals surface area contributed by atoms with Gasteiger partial charge in [0.2, 0.25) is 11.8 Å². The Bertz CT molecular complexity index is 651. The molecule has 5 nitrogen and oxygen atoms in total. The van der Waals surface area contributed by atoms with E-state index in [2.05, 4.69) is 5.32 Å². The summed E-state index contributed by atoms with van der Waals surface area (Å²) in [5.74, 6) is -2.49. The van der Waals surface area contributed by atoms with Gasteiger partial charge in [-0.3, -0.25) is 14.5 Å². The molecule has 22 heavy (non-hydrogen) atoms. The normalized spacial score (nSPS) is 10.3. The van der Waals surface area contributed by atoms with Gasteiger partial charge in [-0.2, -0.15) is 0 Å². The van der Waals surface area contributed by atoms with Gasteiger partial charge >= 0.3 is 0 Å². The number of carbonyl (C=O) groups excluding carboxylic acids is 2. The maximum Gasteiger partial charge on any atom is 0.240 e. The van der Waals surface area contributed by atoms with Crippen molar-refractivity contribution in [3.63, 3.8) is 0 Å². The molecule has 1 aromatic carbocycles. The molecule has 1 N–H and O–H groups in total. The van der Waals surface area contributed by atoms with Crippen LogP contribution in [0.5, 0.6) is 0 Å². The molecule has 0 spiro atoms. The van der Waals surface area contributed by atoms with Crippen molar-refractivity contribution in [1.82, 2.24) is 5.32 Å². The van der Waals surface area contributed by atoms with E-state index in [1.165, 1.54) is 12.3 Å². The standard InChI is InChI=1S/C15H14F2N2O3/c1-10(20)19(15-12(16)5-2-6-13(15)17)9-14(21)18-8-11-4-3-7-22-11/h2-7H,8-9H2,1H3,(H,18,21). The highest BCUT2D eigenvalue weighted by Gasteiger charge is 2.22. The van der Waals surface area contributed by atoms with Crippen LogP contribution in [0.4, 0.5) is 14.5 Å². The minimum Gasteiger partial charge on any atom is -0.467 e. The fourth-order valence-electron chi connectivity index (χ4n) is 1.89. The van der Waals surface area contributed by atoms with Crippen LogP contribution in [0.1, 0.15) is 12.7 Å². The fraction of sp³-hybridized carbons (Fsp3) is 0.200. The van der Waals surface area contributed by atoms with Crippen molar-refractivity contribution < 1.29 is 22.8 Å². The van der Waals surface area contributed by atoms with Gasteiger partial charge < -0.3 is 9.73 Å². The molecule has 1 heterocycles. The minimum atomic E-state index is -0.908. The first-order chi connectivity index (χ1) is 10.5. The second-order valence-electron chi connectivity index (χ2n) is 4.53. The van der Waals surface area contributed by atoms with Crippen LogP contribution < -0.4 is 10.2 Å². The summed E-state index contributed by atoms with van der Waals surface area (Å²) in [6.45, 7) is 0.761. The highest BCUT2D eigenvalue weighted by molar-refractivity contribution is 5.97. The predicted octanol–water partition coefficient (Wildman–Crippen LogP) is 2.23. The summed E-state index contributed by atoms with van der Waals surface area (Å²) in [6, 6.07) is 6.56. The van der Waals surface area contributed by atoms with Crippen LogP contribution in [-0.4, -0.2) is 18.4 Å². The average Bonchev–Trinajstić information content (AvgIpc) is 2.97. The SMILES string of the molecule is CC(=O)N(CC(=O)NCc1ccco1)c1c(F)cccc1F. The molecule has 0 radical (unpaired) electrons. The number of para-hydroxylation sites is 1. The van der Waals surface area contributed by atoms with Gasteiger partial charge in [0.05, 0.1) is 12.8 Å². The Hall–Kier alpha value is -2.70. The van der Waals surface area contributed by atoms with Gasteiger partial charge in [0.1, 0.15) is 29.6 Å². The number of halogens is 2. The van der Waals surface area contributed by atoms with E-state index in [4.69, 9.17) is 4.42 Å². The maximum absolute atomic E-state index is 13.7. The highest BCUT2D eigenvalue weighted by atomic mass is 19.1. The topological polar surface area (TPSA) is 62.6 Å². The Morgan fingerprint density at radius 3 is 2.41 bits per heavy atom. The second kappa shape index (κ2) is 6.84. The number of hydrogen-bond donors (Lipinski definition) is 1. The maximum atomic E-state index is 13.7. The van der Waals surface area contributed by atoms with Crippen molar-refractivity contribution in [2.45, 2.75) is 13.5 Å². The Labute approximate surface area is 125 Å². The number of anilines is 1. The third-order valence-electron chi connectivity index (χ3n) is 2.93. The number of hydrogen-bond acceptors (Lipinski definition) is 3. The van der Waals surface area contributed by atoms with Gasteiger partial charge in [0.15, 0.2) is 0 Å². The third-order valence-corrected chi connectivity index (χ3v) is 2.93. The lowest BCUT2D eigenvalue weighted by molar-refractivity contribution is -0.123. The summed E-state index contributed by atoms with van der Waals surface area (Å²) < 4.78 is 32.5. The Balaban J connectivity index is 2.09. The average molecular weight is 308 g/mol. The summed E-state index contributed by atoms with van der Waals surface area (Å²) >= 11 is 0. The highest BCUT2D eigenvalue weighted by Crippen LogP contribution is 2.23. The monoisotopic (exact) mass is 308 g/mol. The molecular weight excluding hydrogens is 294 g/mol. The van der Waals surface area contributed by atoms with Gasteiger partial charge in [0, 0.05) is 6.92 Å². The molecule has 0 fully saturated rings. The second-order valence-corrected chi connectivity index (χ2v) is 4.53. The van der Waals surface area contributed by atoms with Crippen molar-refractivity contribution in [2.24, 2.45) is 0 Å². The van der Waals surface area contributed by atoms with Gasteiger partial charge in [-0.05, 0) is 24.3 Å². The number of carbonyl (C=O) groups is 2. The van der Waals surface area contributed by atoms with Crippen LogP contribution in [-0.2, 0) is 16.1 Å². The summed E-state index contributed by atoms with van der Waals surface area (Å²) in [6.07, 6.45) is 1.46. The molecule has 0 bridgehead atoms. The molecule has 7 heteroatoms. The minimum absolute atomic E-state index is 0.122. The van der Waals surface area contributed by atoms with Crippen molar-refractivity contribution in [3.8, 4) is 0 Å². The molecule has 2 rings (SSSR count). The van der Waals surface area contributed by atoms with Gasteiger partial charge in [-0.1, -0.05) is 6.07 Å². The zero-order chi connectivity index (χ0) is 16.1. The van der Waals surface area contributed by atoms with Crippen LogP contribution in [0, 0.1) is 11.6 Å². The molecular formula is C15H14F2N2O3. The zero-order valence-corrected chi connectivity index (χ0v) is 11.8. The molecule has 1 aromatic heterocycles. The van der Waals surface area contributed by atoms with E-state index in [1.807, 2.05) is 0 Å². The van der Waals surface area contributed by atoms with Crippen molar-refractivity contribution in [3.05, 3.63) is 54.0 Å². The van der Waals surface area contributed by atoms with Gasteiger partial charge in [-0.15, -0.1) is 0 Å². The number of nitrogens with one attached hydrogen (secondary N) is 1. The summed E-state index contributed by atoms with van der Waals surface area (Å²) in [7, 11) is 0. The molecule has 2 aromatic rings. The first-order valence-corrected chi connectivity index (χ1v) is 6.50. The largest absolute Gasteiger partial charge is 0.467 e. The van der Waals surface area contributed by atoms with Crippen molar-refractivity contribution in [1.29, 1.82) is 0 Å². The summed E-state index contributed by atoms with van der Waals surface area (Å²) in [5.41, 5.74) is -0.539. The van der Waals surface area contributed by atoms with Crippen LogP contribution in [0.3, 0.4) is 0 Å². The molecule has 0 saturated heterocycles. The molecule has 0 saturated carbocycles. The molecule has 2 amide bonds. The van der Waals surface area contributed by atoms with Crippen LogP contribution >= 0.6 is 0 Å². The number of nitrogens with zero attached hydrogens (tertiary/aromatic N) is 1. The van der Waals surface area contributed by atoms with Crippen molar-refractivity contribution >= 4 is 17.5 Å². The number of amides is 2. The summed E-state index contributed by atoms with van der Waals surface area (Å²) in [5, 5.41) is 2.51. The molecule has 0 aliphatic rings. The lowest BCUT2D eigenvalue weighted by Gasteiger charge is -2.21. The van der Waals surface area contributed by atoms with E-state index < -0.39 is 35.7 Å². The van der Waals surface area contributed by atoms with E-state index in [9.17, 15) is 18.4 Å². The fourth-order valence-corrected chi connectivity index (χ4v) is 1.89.